The zero-order valence-electron chi connectivity index (χ0n) is 22.5. The number of para-hydroxylation sites is 1. The topological polar surface area (TPSA) is 161 Å². The van der Waals surface area contributed by atoms with Gasteiger partial charge in [-0.2, -0.15) is 5.09 Å². The first-order chi connectivity index (χ1) is 18.2. The molecule has 204 valence electrons. The molecule has 0 bridgehead atoms. The van der Waals surface area contributed by atoms with Crippen LogP contribution in [0.3, 0.4) is 0 Å². The van der Waals surface area contributed by atoms with Crippen LogP contribution >= 0.6 is 20.0 Å². The SMILES string of the molecule is [2H]C([2H])(O[P@@](=O)(N[C@@H](C)C(=O)OCCCC)Oc1ccccc1)[C@H]1O[C@@H](n2ccc(=O)[nH]c2=S)C(C)(O)[C@H]1O. The van der Waals surface area contributed by atoms with E-state index in [0.29, 0.717) is 6.42 Å². The Labute approximate surface area is 221 Å². The molecule has 1 aromatic heterocycles. The maximum atomic E-state index is 13.8. The summed E-state index contributed by atoms with van der Waals surface area (Å²) in [5, 5.41) is 24.3. The van der Waals surface area contributed by atoms with Crippen LogP contribution in [0.2, 0.25) is 0 Å². The van der Waals surface area contributed by atoms with E-state index in [1.54, 1.807) is 18.2 Å². The lowest BCUT2D eigenvalue weighted by Crippen LogP contribution is -2.45. The first kappa shape index (κ1) is 26.2. The van der Waals surface area contributed by atoms with Gasteiger partial charge in [0.2, 0.25) is 0 Å². The zero-order chi connectivity index (χ0) is 29.0. The summed E-state index contributed by atoms with van der Waals surface area (Å²) in [5.74, 6) is -0.731. The highest BCUT2D eigenvalue weighted by molar-refractivity contribution is 7.71. The quantitative estimate of drug-likeness (QED) is 0.131. The van der Waals surface area contributed by atoms with Gasteiger partial charge in [-0.3, -0.25) is 23.7 Å². The number of rotatable bonds is 12. The summed E-state index contributed by atoms with van der Waals surface area (Å²) < 4.78 is 53.5. The van der Waals surface area contributed by atoms with E-state index in [0.717, 1.165) is 17.1 Å². The number of unbranched alkanes of at least 4 members (excludes halogenated alkanes) is 1. The lowest BCUT2D eigenvalue weighted by atomic mass is 9.96. The molecule has 1 fully saturated rings. The molecule has 1 aromatic carbocycles. The van der Waals surface area contributed by atoms with Gasteiger partial charge in [0.15, 0.2) is 11.0 Å². The third kappa shape index (κ3) is 7.35. The van der Waals surface area contributed by atoms with Crippen molar-refractivity contribution in [2.24, 2.45) is 0 Å². The van der Waals surface area contributed by atoms with E-state index in [1.165, 1.54) is 32.2 Å². The van der Waals surface area contributed by atoms with Crippen LogP contribution in [0.4, 0.5) is 0 Å². The second-order valence-electron chi connectivity index (χ2n) is 8.58. The first-order valence-electron chi connectivity index (χ1n) is 12.6. The summed E-state index contributed by atoms with van der Waals surface area (Å²) in [6, 6.07) is 7.58. The molecular formula is C23H32N3O9PS. The molecule has 0 saturated carbocycles. The van der Waals surface area contributed by atoms with Gasteiger partial charge in [0.25, 0.3) is 5.56 Å². The van der Waals surface area contributed by atoms with Crippen LogP contribution in [0.25, 0.3) is 0 Å². The molecule has 4 N–H and O–H groups in total. The highest BCUT2D eigenvalue weighted by atomic mass is 32.1. The summed E-state index contributed by atoms with van der Waals surface area (Å²) in [4.78, 5) is 26.3. The third-order valence-electron chi connectivity index (χ3n) is 5.47. The van der Waals surface area contributed by atoms with Crippen molar-refractivity contribution in [3.8, 4) is 5.75 Å². The second kappa shape index (κ2) is 12.4. The van der Waals surface area contributed by atoms with Crippen LogP contribution in [0.5, 0.6) is 5.75 Å². The fourth-order valence-corrected chi connectivity index (χ4v) is 5.02. The van der Waals surface area contributed by atoms with Crippen molar-refractivity contribution in [3.63, 3.8) is 0 Å². The number of aliphatic hydroxyl groups excluding tert-OH is 1. The van der Waals surface area contributed by atoms with Gasteiger partial charge in [-0.1, -0.05) is 31.5 Å². The number of carbonyl (C=O) groups excluding carboxylic acids is 1. The molecule has 14 heteroatoms. The molecular weight excluding hydrogens is 525 g/mol. The van der Waals surface area contributed by atoms with Crippen molar-refractivity contribution in [2.75, 3.05) is 13.2 Å². The molecule has 2 heterocycles. The molecule has 0 radical (unpaired) electrons. The van der Waals surface area contributed by atoms with Crippen LogP contribution < -0.4 is 15.2 Å². The second-order valence-corrected chi connectivity index (χ2v) is 10.6. The lowest BCUT2D eigenvalue weighted by Gasteiger charge is -2.28. The molecule has 0 aliphatic carbocycles. The number of nitrogens with one attached hydrogen (secondary N) is 2. The van der Waals surface area contributed by atoms with Crippen molar-refractivity contribution in [1.29, 1.82) is 0 Å². The molecule has 1 aliphatic heterocycles. The summed E-state index contributed by atoms with van der Waals surface area (Å²) in [6.45, 7) is 1.51. The van der Waals surface area contributed by atoms with E-state index < -0.39 is 55.9 Å². The molecule has 1 aliphatic rings. The van der Waals surface area contributed by atoms with Gasteiger partial charge >= 0.3 is 13.7 Å². The fourth-order valence-electron chi connectivity index (χ4n) is 3.40. The van der Waals surface area contributed by atoms with E-state index in [9.17, 15) is 24.4 Å². The first-order valence-corrected chi connectivity index (χ1v) is 13.5. The number of hydrogen-bond donors (Lipinski definition) is 4. The summed E-state index contributed by atoms with van der Waals surface area (Å²) in [6.07, 6.45) is -2.70. The number of hydrogen-bond acceptors (Lipinski definition) is 10. The number of aromatic nitrogens is 2. The Morgan fingerprint density at radius 3 is 2.76 bits per heavy atom. The maximum Gasteiger partial charge on any atom is 0.459 e. The Balaban J connectivity index is 1.89. The zero-order valence-corrected chi connectivity index (χ0v) is 22.2. The van der Waals surface area contributed by atoms with Gasteiger partial charge in [-0.05, 0) is 44.6 Å². The Morgan fingerprint density at radius 2 is 2.11 bits per heavy atom. The summed E-state index contributed by atoms with van der Waals surface area (Å²) in [7, 11) is -4.71. The number of benzene rings is 1. The predicted octanol–water partition coefficient (Wildman–Crippen LogP) is 2.44. The van der Waals surface area contributed by atoms with E-state index in [1.807, 2.05) is 6.92 Å². The van der Waals surface area contributed by atoms with E-state index in [2.05, 4.69) is 10.1 Å². The number of aliphatic hydroxyl groups is 2. The minimum absolute atomic E-state index is 0.0352. The molecule has 3 rings (SSSR count). The lowest BCUT2D eigenvalue weighted by molar-refractivity contribution is -0.145. The van der Waals surface area contributed by atoms with Crippen molar-refractivity contribution in [2.45, 2.75) is 63.7 Å². The molecule has 37 heavy (non-hydrogen) atoms. The Kier molecular flexibility index (Phi) is 8.82. The molecule has 1 saturated heterocycles. The number of esters is 1. The molecule has 0 spiro atoms. The van der Waals surface area contributed by atoms with Gasteiger partial charge in [-0.15, -0.1) is 0 Å². The smallest absolute Gasteiger partial charge is 0.459 e. The Hall–Kier alpha value is -2.38. The van der Waals surface area contributed by atoms with Crippen LogP contribution in [0, 0.1) is 4.77 Å². The van der Waals surface area contributed by atoms with Crippen molar-refractivity contribution in [1.82, 2.24) is 14.6 Å². The number of H-pyrrole nitrogens is 1. The summed E-state index contributed by atoms with van der Waals surface area (Å²) in [5.41, 5.74) is -2.65. The van der Waals surface area contributed by atoms with Gasteiger partial charge in [0.05, 0.1) is 15.9 Å². The van der Waals surface area contributed by atoms with Gasteiger partial charge in [0.1, 0.15) is 29.6 Å². The average molecular weight is 560 g/mol. The predicted molar refractivity (Wildman–Crippen MR) is 136 cm³/mol. The monoisotopic (exact) mass is 559 g/mol. The largest absolute Gasteiger partial charge is 0.465 e. The molecule has 12 nitrogen and oxygen atoms in total. The standard InChI is InChI=1S/C23H32N3O9PS/c1-4-5-13-32-20(29)15(2)25-36(31,35-16-9-7-6-8-10-16)33-14-17-19(28)23(3,30)21(34-17)26-12-11-18(27)24-22(26)37/h6-12,15,17,19,21,28,30H,4-5,13-14H2,1-3H3,(H,25,31)(H,24,27,37)/t15-,17+,19-,21+,23?,36-/m0/s1/i14D2. The number of aromatic amines is 1. The minimum atomic E-state index is -4.71. The Bertz CT molecular complexity index is 1310. The van der Waals surface area contributed by atoms with Gasteiger partial charge in [-0.25, -0.2) is 4.57 Å². The average Bonchev–Trinajstić information content (AvgIpc) is 3.08. The van der Waals surface area contributed by atoms with E-state index in [4.69, 9.17) is 33.5 Å². The van der Waals surface area contributed by atoms with Crippen molar-refractivity contribution in [3.05, 3.63) is 57.7 Å². The van der Waals surface area contributed by atoms with Crippen LogP contribution in [0.15, 0.2) is 47.4 Å². The van der Waals surface area contributed by atoms with E-state index >= 15 is 0 Å². The highest BCUT2D eigenvalue weighted by Gasteiger charge is 2.53. The fraction of sp³-hybridized carbons (Fsp3) is 0.522. The van der Waals surface area contributed by atoms with Gasteiger partial charge < -0.3 is 24.2 Å². The molecule has 1 unspecified atom stereocenters. The van der Waals surface area contributed by atoms with Crippen LogP contribution in [-0.2, 0) is 23.4 Å². The number of carbonyl (C=O) groups is 1. The third-order valence-corrected chi connectivity index (χ3v) is 7.28. The highest BCUT2D eigenvalue weighted by Crippen LogP contribution is 2.47. The molecule has 6 atom stereocenters. The Morgan fingerprint density at radius 1 is 1.41 bits per heavy atom. The van der Waals surface area contributed by atoms with Crippen LogP contribution in [-0.4, -0.2) is 62.8 Å². The van der Waals surface area contributed by atoms with Crippen molar-refractivity contribution >= 4 is 25.9 Å². The number of nitrogens with zero attached hydrogens (tertiary/aromatic N) is 1. The minimum Gasteiger partial charge on any atom is -0.465 e. The van der Waals surface area contributed by atoms with E-state index in [-0.39, 0.29) is 17.1 Å². The molecule has 0 amide bonds. The van der Waals surface area contributed by atoms with Crippen LogP contribution in [0.1, 0.15) is 42.6 Å². The van der Waals surface area contributed by atoms with Gasteiger partial charge in [0, 0.05) is 12.3 Å². The maximum absolute atomic E-state index is 13.8. The summed E-state index contributed by atoms with van der Waals surface area (Å²) >= 11 is 5.11. The molecule has 2 aromatic rings. The normalized spacial score (nSPS) is 27.0. The van der Waals surface area contributed by atoms with Crippen molar-refractivity contribution < 1.29 is 40.8 Å². The number of ether oxygens (including phenoxy) is 2.